The molecule has 0 aliphatic rings. The maximum atomic E-state index is 6.10. The highest BCUT2D eigenvalue weighted by Crippen LogP contribution is 2.46. The Hall–Kier alpha value is -3.59. The summed E-state index contributed by atoms with van der Waals surface area (Å²) in [6, 6.07) is 23.3. The lowest BCUT2D eigenvalue weighted by Crippen LogP contribution is -2.06. The molecule has 4 aromatic carbocycles. The molecule has 0 fully saturated rings. The predicted octanol–water partition coefficient (Wildman–Crippen LogP) is 8.40. The summed E-state index contributed by atoms with van der Waals surface area (Å²) in [5.74, 6) is 1.57. The van der Waals surface area contributed by atoms with Crippen molar-refractivity contribution >= 4 is 33.1 Å². The highest BCUT2D eigenvalue weighted by atomic mass is 16.5. The van der Waals surface area contributed by atoms with Gasteiger partial charge in [-0.3, -0.25) is 0 Å². The monoisotopic (exact) mass is 437 g/mol. The average Bonchev–Trinajstić information content (AvgIpc) is 2.85. The van der Waals surface area contributed by atoms with E-state index in [1.807, 2.05) is 6.92 Å². The van der Waals surface area contributed by atoms with Crippen LogP contribution in [0, 0.1) is 6.92 Å². The second-order valence-electron chi connectivity index (χ2n) is 8.28. The van der Waals surface area contributed by atoms with Gasteiger partial charge in [-0.1, -0.05) is 67.6 Å². The van der Waals surface area contributed by atoms with Crippen LogP contribution in [-0.2, 0) is 4.74 Å². The van der Waals surface area contributed by atoms with Crippen LogP contribution in [0.25, 0.3) is 32.7 Å². The molecule has 0 aliphatic carbocycles. The van der Waals surface area contributed by atoms with Crippen molar-refractivity contribution in [1.29, 1.82) is 0 Å². The van der Waals surface area contributed by atoms with Crippen molar-refractivity contribution in [3.63, 3.8) is 0 Å². The smallest absolute Gasteiger partial charge is 0.188 e. The van der Waals surface area contributed by atoms with Crippen molar-refractivity contribution in [2.75, 3.05) is 13.7 Å². The van der Waals surface area contributed by atoms with Gasteiger partial charge in [0.1, 0.15) is 12.4 Å². The van der Waals surface area contributed by atoms with Crippen molar-refractivity contribution in [2.24, 2.45) is 4.99 Å². The van der Waals surface area contributed by atoms with Gasteiger partial charge in [0.05, 0.1) is 12.8 Å². The van der Waals surface area contributed by atoms with E-state index in [-0.39, 0.29) is 0 Å². The molecule has 4 aromatic rings. The SMILES string of the molecule is C/C=C(\C)COC(CC)=Nc1c(C)cc2ccccc2c1-c1c(OC)ccc2ccccc12. The third-order valence-corrected chi connectivity index (χ3v) is 6.07. The van der Waals surface area contributed by atoms with Crippen LogP contribution >= 0.6 is 0 Å². The minimum Gasteiger partial charge on any atom is -0.496 e. The number of benzene rings is 4. The van der Waals surface area contributed by atoms with Crippen molar-refractivity contribution in [3.05, 3.63) is 83.9 Å². The van der Waals surface area contributed by atoms with E-state index in [9.17, 15) is 0 Å². The molecule has 33 heavy (non-hydrogen) atoms. The van der Waals surface area contributed by atoms with Crippen LogP contribution in [-0.4, -0.2) is 19.6 Å². The minimum absolute atomic E-state index is 0.544. The molecular formula is C30H31NO2. The fraction of sp³-hybridized carbons (Fsp3) is 0.233. The number of aryl methyl sites for hydroxylation is 1. The Labute approximate surface area is 196 Å². The molecule has 168 valence electrons. The molecule has 0 unspecified atom stereocenters. The number of methoxy groups -OCH3 is 1. The number of allylic oxidation sites excluding steroid dienone is 1. The lowest BCUT2D eigenvalue weighted by atomic mass is 9.90. The lowest BCUT2D eigenvalue weighted by molar-refractivity contribution is 0.331. The first-order valence-electron chi connectivity index (χ1n) is 11.5. The highest BCUT2D eigenvalue weighted by molar-refractivity contribution is 6.12. The first-order valence-corrected chi connectivity index (χ1v) is 11.5. The summed E-state index contributed by atoms with van der Waals surface area (Å²) in [6.07, 6.45) is 2.79. The molecule has 3 heteroatoms. The van der Waals surface area contributed by atoms with Crippen molar-refractivity contribution in [2.45, 2.75) is 34.1 Å². The number of rotatable bonds is 6. The summed E-state index contributed by atoms with van der Waals surface area (Å²) in [5, 5.41) is 4.65. The third-order valence-electron chi connectivity index (χ3n) is 6.07. The number of fused-ring (bicyclic) bond motifs is 2. The van der Waals surface area contributed by atoms with Crippen molar-refractivity contribution in [3.8, 4) is 16.9 Å². The molecule has 0 spiro atoms. The molecular weight excluding hydrogens is 406 g/mol. The van der Waals surface area contributed by atoms with Gasteiger partial charge in [-0.15, -0.1) is 0 Å². The largest absolute Gasteiger partial charge is 0.496 e. The molecule has 0 N–H and O–H groups in total. The van der Waals surface area contributed by atoms with Crippen LogP contribution in [0.2, 0.25) is 0 Å². The number of nitrogens with zero attached hydrogens (tertiary/aromatic N) is 1. The molecule has 0 aliphatic heterocycles. The molecule has 0 saturated heterocycles. The zero-order valence-corrected chi connectivity index (χ0v) is 20.1. The Kier molecular flexibility index (Phi) is 6.79. The van der Waals surface area contributed by atoms with Crippen LogP contribution in [0.5, 0.6) is 5.75 Å². The molecule has 0 aromatic heterocycles. The molecule has 0 heterocycles. The summed E-state index contributed by atoms with van der Waals surface area (Å²) in [6.45, 7) is 8.85. The normalized spacial score (nSPS) is 12.4. The number of hydrogen-bond donors (Lipinski definition) is 0. The summed E-state index contributed by atoms with van der Waals surface area (Å²) in [5.41, 5.74) is 5.36. The highest BCUT2D eigenvalue weighted by Gasteiger charge is 2.20. The predicted molar refractivity (Wildman–Crippen MR) is 141 cm³/mol. The fourth-order valence-corrected chi connectivity index (χ4v) is 4.17. The first-order chi connectivity index (χ1) is 16.1. The molecule has 0 atom stereocenters. The van der Waals surface area contributed by atoms with Crippen LogP contribution in [0.4, 0.5) is 5.69 Å². The van der Waals surface area contributed by atoms with Crippen LogP contribution in [0.3, 0.4) is 0 Å². The Bertz CT molecular complexity index is 1360. The fourth-order valence-electron chi connectivity index (χ4n) is 4.17. The van der Waals surface area contributed by atoms with Gasteiger partial charge in [0, 0.05) is 17.5 Å². The van der Waals surface area contributed by atoms with Gasteiger partial charge in [0.2, 0.25) is 0 Å². The van der Waals surface area contributed by atoms with Crippen LogP contribution < -0.4 is 4.74 Å². The van der Waals surface area contributed by atoms with Gasteiger partial charge in [0.25, 0.3) is 0 Å². The van der Waals surface area contributed by atoms with Crippen molar-refractivity contribution in [1.82, 2.24) is 0 Å². The Morgan fingerprint density at radius 2 is 1.58 bits per heavy atom. The van der Waals surface area contributed by atoms with Gasteiger partial charge in [-0.2, -0.15) is 0 Å². The Morgan fingerprint density at radius 1 is 0.909 bits per heavy atom. The van der Waals surface area contributed by atoms with Gasteiger partial charge >= 0.3 is 0 Å². The minimum atomic E-state index is 0.544. The number of aliphatic imine (C=N–C) groups is 1. The van der Waals surface area contributed by atoms with E-state index in [4.69, 9.17) is 14.5 Å². The Morgan fingerprint density at radius 3 is 2.24 bits per heavy atom. The van der Waals surface area contributed by atoms with E-state index in [1.54, 1.807) is 7.11 Å². The molecule has 0 saturated carbocycles. The second kappa shape index (κ2) is 9.91. The Balaban J connectivity index is 2.07. The summed E-state index contributed by atoms with van der Waals surface area (Å²) in [4.78, 5) is 5.10. The van der Waals surface area contributed by atoms with E-state index in [0.29, 0.717) is 6.61 Å². The van der Waals surface area contributed by atoms with E-state index in [2.05, 4.69) is 93.6 Å². The van der Waals surface area contributed by atoms with Gasteiger partial charge in [-0.25, -0.2) is 4.99 Å². The molecule has 0 bridgehead atoms. The quantitative estimate of drug-likeness (QED) is 0.172. The zero-order chi connectivity index (χ0) is 23.4. The van der Waals surface area contributed by atoms with Gasteiger partial charge in [-0.05, 0) is 65.6 Å². The van der Waals surface area contributed by atoms with Crippen LogP contribution in [0.15, 0.2) is 83.4 Å². The average molecular weight is 438 g/mol. The molecule has 4 rings (SSSR count). The maximum absolute atomic E-state index is 6.10. The molecule has 3 nitrogen and oxygen atoms in total. The first kappa shape index (κ1) is 22.6. The van der Waals surface area contributed by atoms with E-state index in [1.165, 1.54) is 16.3 Å². The van der Waals surface area contributed by atoms with E-state index < -0.39 is 0 Å². The summed E-state index contributed by atoms with van der Waals surface area (Å²) >= 11 is 0. The van der Waals surface area contributed by atoms with Crippen molar-refractivity contribution < 1.29 is 9.47 Å². The van der Waals surface area contributed by atoms with E-state index >= 15 is 0 Å². The topological polar surface area (TPSA) is 30.8 Å². The van der Waals surface area contributed by atoms with Gasteiger partial charge in [0.15, 0.2) is 5.90 Å². The second-order valence-corrected chi connectivity index (χ2v) is 8.28. The summed E-state index contributed by atoms with van der Waals surface area (Å²) in [7, 11) is 1.73. The van der Waals surface area contributed by atoms with E-state index in [0.717, 1.165) is 51.2 Å². The summed E-state index contributed by atoms with van der Waals surface area (Å²) < 4.78 is 12.0. The number of hydrogen-bond acceptors (Lipinski definition) is 3. The third kappa shape index (κ3) is 4.49. The lowest BCUT2D eigenvalue weighted by Gasteiger charge is -2.19. The number of ether oxygens (including phenoxy) is 2. The molecule has 0 radical (unpaired) electrons. The maximum Gasteiger partial charge on any atom is 0.188 e. The molecule has 0 amide bonds. The van der Waals surface area contributed by atoms with Gasteiger partial charge < -0.3 is 9.47 Å². The van der Waals surface area contributed by atoms with Crippen LogP contribution in [0.1, 0.15) is 32.8 Å². The standard InChI is InChI=1S/C30H31NO2/c1-6-20(3)19-33-27(7-2)31-30-21(4)18-23-13-9-11-15-25(23)29(30)28-24-14-10-8-12-22(24)16-17-26(28)32-5/h6,8-18H,7,19H2,1-5H3/b20-6+,31-27?. The zero-order valence-electron chi connectivity index (χ0n) is 20.1.